The van der Waals surface area contributed by atoms with Gasteiger partial charge >= 0.3 is 0 Å². The third kappa shape index (κ3) is 2.38. The molecule has 2 aliphatic carbocycles. The van der Waals surface area contributed by atoms with E-state index in [2.05, 4.69) is 10.6 Å². The molecule has 3 aliphatic rings. The lowest BCUT2D eigenvalue weighted by molar-refractivity contribution is -0.130. The maximum absolute atomic E-state index is 12.0. The predicted octanol–water partition coefficient (Wildman–Crippen LogP) is 1.21. The molecule has 4 heteroatoms. The fourth-order valence-corrected chi connectivity index (χ4v) is 4.03. The highest BCUT2D eigenvalue weighted by Gasteiger charge is 2.40. The standard InChI is InChI=1S/C14H22N2O2/c17-13(16-12-2-1-5-15-14(12)18)8-11-7-9-3-4-10(11)6-9/h9-12H,1-8H2,(H,15,18)(H,16,17). The molecule has 0 aromatic rings. The molecular weight excluding hydrogens is 228 g/mol. The van der Waals surface area contributed by atoms with Crippen LogP contribution >= 0.6 is 0 Å². The Labute approximate surface area is 108 Å². The van der Waals surface area contributed by atoms with E-state index in [1.165, 1.54) is 25.7 Å². The van der Waals surface area contributed by atoms with Crippen LogP contribution in [0, 0.1) is 17.8 Å². The van der Waals surface area contributed by atoms with Crippen molar-refractivity contribution in [2.75, 3.05) is 6.54 Å². The van der Waals surface area contributed by atoms with Crippen molar-refractivity contribution in [3.8, 4) is 0 Å². The van der Waals surface area contributed by atoms with Crippen LogP contribution in [0.5, 0.6) is 0 Å². The summed E-state index contributed by atoms with van der Waals surface area (Å²) in [7, 11) is 0. The van der Waals surface area contributed by atoms with Gasteiger partial charge in [0.2, 0.25) is 11.8 Å². The number of amides is 2. The molecule has 0 aromatic heterocycles. The zero-order valence-corrected chi connectivity index (χ0v) is 10.8. The van der Waals surface area contributed by atoms with Crippen LogP contribution in [-0.2, 0) is 9.59 Å². The topological polar surface area (TPSA) is 58.2 Å². The zero-order valence-electron chi connectivity index (χ0n) is 10.8. The molecule has 3 rings (SSSR count). The largest absolute Gasteiger partial charge is 0.354 e. The van der Waals surface area contributed by atoms with Crippen LogP contribution in [0.1, 0.15) is 44.9 Å². The summed E-state index contributed by atoms with van der Waals surface area (Å²) in [5, 5.41) is 5.71. The van der Waals surface area contributed by atoms with Gasteiger partial charge in [-0.05, 0) is 49.9 Å². The predicted molar refractivity (Wildman–Crippen MR) is 67.7 cm³/mol. The van der Waals surface area contributed by atoms with Gasteiger partial charge in [-0.2, -0.15) is 0 Å². The Balaban J connectivity index is 1.48. The molecule has 4 nitrogen and oxygen atoms in total. The van der Waals surface area contributed by atoms with Crippen LogP contribution in [-0.4, -0.2) is 24.4 Å². The molecule has 1 aliphatic heterocycles. The minimum Gasteiger partial charge on any atom is -0.354 e. The van der Waals surface area contributed by atoms with E-state index in [1.54, 1.807) is 0 Å². The fraction of sp³-hybridized carbons (Fsp3) is 0.857. The molecule has 2 saturated carbocycles. The SMILES string of the molecule is O=C(CC1CC2CCC1C2)NC1CCCNC1=O. The lowest BCUT2D eigenvalue weighted by atomic mass is 9.86. The Morgan fingerprint density at radius 3 is 2.83 bits per heavy atom. The highest BCUT2D eigenvalue weighted by molar-refractivity contribution is 5.88. The molecule has 0 radical (unpaired) electrons. The molecule has 2 bridgehead atoms. The molecule has 4 atom stereocenters. The number of hydrogen-bond donors (Lipinski definition) is 2. The van der Waals surface area contributed by atoms with Gasteiger partial charge in [0.1, 0.15) is 6.04 Å². The normalized spacial score (nSPS) is 38.6. The molecule has 2 amide bonds. The van der Waals surface area contributed by atoms with E-state index in [4.69, 9.17) is 0 Å². The number of carbonyl (C=O) groups is 2. The summed E-state index contributed by atoms with van der Waals surface area (Å²) in [5.41, 5.74) is 0. The number of hydrogen-bond acceptors (Lipinski definition) is 2. The molecular formula is C14H22N2O2. The molecule has 18 heavy (non-hydrogen) atoms. The van der Waals surface area contributed by atoms with Gasteiger partial charge in [-0.25, -0.2) is 0 Å². The number of piperidine rings is 1. The van der Waals surface area contributed by atoms with Crippen molar-refractivity contribution in [1.82, 2.24) is 10.6 Å². The van der Waals surface area contributed by atoms with Crippen LogP contribution in [0.3, 0.4) is 0 Å². The molecule has 100 valence electrons. The van der Waals surface area contributed by atoms with Gasteiger partial charge in [0, 0.05) is 13.0 Å². The fourth-order valence-electron chi connectivity index (χ4n) is 4.03. The minimum absolute atomic E-state index is 0.0115. The van der Waals surface area contributed by atoms with Crippen molar-refractivity contribution < 1.29 is 9.59 Å². The van der Waals surface area contributed by atoms with Gasteiger partial charge in [-0.1, -0.05) is 6.42 Å². The van der Waals surface area contributed by atoms with Gasteiger partial charge in [0.05, 0.1) is 0 Å². The molecule has 0 spiro atoms. The Hall–Kier alpha value is -1.06. The smallest absolute Gasteiger partial charge is 0.242 e. The quantitative estimate of drug-likeness (QED) is 0.791. The maximum Gasteiger partial charge on any atom is 0.242 e. The first-order chi connectivity index (χ1) is 8.72. The highest BCUT2D eigenvalue weighted by atomic mass is 16.2. The summed E-state index contributed by atoms with van der Waals surface area (Å²) >= 11 is 0. The van der Waals surface area contributed by atoms with Crippen molar-refractivity contribution in [2.24, 2.45) is 17.8 Å². The van der Waals surface area contributed by atoms with E-state index in [0.29, 0.717) is 12.3 Å². The molecule has 3 fully saturated rings. The Bertz CT molecular complexity index is 356. The van der Waals surface area contributed by atoms with Gasteiger partial charge in [0.25, 0.3) is 0 Å². The van der Waals surface area contributed by atoms with Crippen molar-refractivity contribution in [2.45, 2.75) is 51.0 Å². The summed E-state index contributed by atoms with van der Waals surface area (Å²) in [4.78, 5) is 23.6. The second-order valence-electron chi connectivity index (χ2n) is 6.19. The number of fused-ring (bicyclic) bond motifs is 2. The maximum atomic E-state index is 12.0. The first kappa shape index (κ1) is 12.0. The Morgan fingerprint density at radius 1 is 1.28 bits per heavy atom. The van der Waals surface area contributed by atoms with Crippen molar-refractivity contribution in [3.63, 3.8) is 0 Å². The first-order valence-electron chi connectivity index (χ1n) is 7.29. The summed E-state index contributed by atoms with van der Waals surface area (Å²) in [6.45, 7) is 0.748. The number of carbonyl (C=O) groups excluding carboxylic acids is 2. The van der Waals surface area contributed by atoms with Gasteiger partial charge < -0.3 is 10.6 Å². The highest BCUT2D eigenvalue weighted by Crippen LogP contribution is 2.49. The third-order valence-electron chi connectivity index (χ3n) is 4.95. The van der Waals surface area contributed by atoms with Gasteiger partial charge in [0.15, 0.2) is 0 Å². The van der Waals surface area contributed by atoms with E-state index in [9.17, 15) is 9.59 Å². The van der Waals surface area contributed by atoms with Crippen molar-refractivity contribution in [1.29, 1.82) is 0 Å². The average Bonchev–Trinajstić information content (AvgIpc) is 2.94. The van der Waals surface area contributed by atoms with Crippen molar-refractivity contribution in [3.05, 3.63) is 0 Å². The molecule has 4 unspecified atom stereocenters. The molecule has 0 aromatic carbocycles. The van der Waals surface area contributed by atoms with E-state index >= 15 is 0 Å². The van der Waals surface area contributed by atoms with Crippen molar-refractivity contribution >= 4 is 11.8 Å². The Kier molecular flexibility index (Phi) is 3.27. The summed E-state index contributed by atoms with van der Waals surface area (Å²) in [6, 6.07) is -0.287. The van der Waals surface area contributed by atoms with Crippen LogP contribution in [0.4, 0.5) is 0 Å². The van der Waals surface area contributed by atoms with E-state index in [0.717, 1.165) is 31.2 Å². The average molecular weight is 250 g/mol. The van der Waals surface area contributed by atoms with Crippen LogP contribution < -0.4 is 10.6 Å². The number of nitrogens with one attached hydrogen (secondary N) is 2. The van der Waals surface area contributed by atoms with E-state index in [1.807, 2.05) is 0 Å². The second kappa shape index (κ2) is 4.90. The second-order valence-corrected chi connectivity index (χ2v) is 6.19. The lowest BCUT2D eigenvalue weighted by Gasteiger charge is -2.25. The van der Waals surface area contributed by atoms with E-state index in [-0.39, 0.29) is 17.9 Å². The van der Waals surface area contributed by atoms with Crippen LogP contribution in [0.15, 0.2) is 0 Å². The molecule has 2 N–H and O–H groups in total. The monoisotopic (exact) mass is 250 g/mol. The molecule has 1 heterocycles. The minimum atomic E-state index is -0.287. The van der Waals surface area contributed by atoms with Gasteiger partial charge in [-0.15, -0.1) is 0 Å². The van der Waals surface area contributed by atoms with Crippen LogP contribution in [0.25, 0.3) is 0 Å². The van der Waals surface area contributed by atoms with Crippen LogP contribution in [0.2, 0.25) is 0 Å². The summed E-state index contributed by atoms with van der Waals surface area (Å²) in [6.07, 6.45) is 7.63. The van der Waals surface area contributed by atoms with Gasteiger partial charge in [-0.3, -0.25) is 9.59 Å². The first-order valence-corrected chi connectivity index (χ1v) is 7.29. The zero-order chi connectivity index (χ0) is 12.5. The van der Waals surface area contributed by atoms with E-state index < -0.39 is 0 Å². The third-order valence-corrected chi connectivity index (χ3v) is 4.95. The summed E-state index contributed by atoms with van der Waals surface area (Å²) < 4.78 is 0. The number of rotatable bonds is 3. The molecule has 1 saturated heterocycles. The summed E-state index contributed by atoms with van der Waals surface area (Å²) in [5.74, 6) is 2.30. The lowest BCUT2D eigenvalue weighted by Crippen LogP contribution is -2.50. The Morgan fingerprint density at radius 2 is 2.17 bits per heavy atom.